The fraction of sp³-hybridized carbons (Fsp3) is 0.0588. The lowest BCUT2D eigenvalue weighted by Crippen LogP contribution is -1.92. The zero-order valence-electron chi connectivity index (χ0n) is 12.0. The number of aromatic nitrogens is 2. The molecule has 3 aromatic rings. The Morgan fingerprint density at radius 1 is 0.909 bits per heavy atom. The molecule has 0 aliphatic rings. The second-order valence-electron chi connectivity index (χ2n) is 4.71. The molecule has 0 saturated heterocycles. The van der Waals surface area contributed by atoms with E-state index in [4.69, 9.17) is 4.74 Å². The highest BCUT2D eigenvalue weighted by Crippen LogP contribution is 2.26. The van der Waals surface area contributed by atoms with Crippen LogP contribution in [-0.4, -0.2) is 17.1 Å². The van der Waals surface area contributed by atoms with Gasteiger partial charge in [-0.2, -0.15) is 0 Å². The van der Waals surface area contributed by atoms with E-state index in [0.29, 0.717) is 0 Å². The number of nitrogens with one attached hydrogen (secondary N) is 1. The molecule has 2 heterocycles. The Morgan fingerprint density at radius 3 is 2.45 bits per heavy atom. The van der Waals surface area contributed by atoms with Gasteiger partial charge in [-0.1, -0.05) is 22.0 Å². The number of hydrogen-bond donors (Lipinski definition) is 1. The Labute approximate surface area is 137 Å². The minimum atomic E-state index is 0.725. The van der Waals surface area contributed by atoms with Gasteiger partial charge in [0.2, 0.25) is 0 Å². The lowest BCUT2D eigenvalue weighted by Gasteiger charge is -2.09. The normalized spacial score (nSPS) is 10.3. The first-order valence-corrected chi connectivity index (χ1v) is 7.51. The predicted molar refractivity (Wildman–Crippen MR) is 91.4 cm³/mol. The zero-order chi connectivity index (χ0) is 15.4. The molecule has 0 saturated carbocycles. The third kappa shape index (κ3) is 3.43. The van der Waals surface area contributed by atoms with E-state index in [1.165, 1.54) is 0 Å². The quantitative estimate of drug-likeness (QED) is 0.739. The maximum Gasteiger partial charge on any atom is 0.137 e. The van der Waals surface area contributed by atoms with Crippen molar-refractivity contribution in [2.75, 3.05) is 12.4 Å². The molecule has 0 aliphatic carbocycles. The summed E-state index contributed by atoms with van der Waals surface area (Å²) in [5.74, 6) is 0.725. The van der Waals surface area contributed by atoms with Gasteiger partial charge in [-0.3, -0.25) is 9.97 Å². The van der Waals surface area contributed by atoms with Gasteiger partial charge in [-0.25, -0.2) is 0 Å². The molecule has 2 aromatic heterocycles. The van der Waals surface area contributed by atoms with E-state index in [-0.39, 0.29) is 0 Å². The molecule has 0 bridgehead atoms. The fourth-order valence-corrected chi connectivity index (χ4v) is 2.49. The van der Waals surface area contributed by atoms with Crippen molar-refractivity contribution in [2.24, 2.45) is 0 Å². The largest absolute Gasteiger partial charge is 0.495 e. The van der Waals surface area contributed by atoms with Crippen LogP contribution in [0.15, 0.2) is 65.7 Å². The molecule has 0 amide bonds. The van der Waals surface area contributed by atoms with E-state index < -0.39 is 0 Å². The lowest BCUT2D eigenvalue weighted by molar-refractivity contribution is 0.413. The number of methoxy groups -OCH3 is 1. The van der Waals surface area contributed by atoms with Gasteiger partial charge in [0, 0.05) is 33.7 Å². The van der Waals surface area contributed by atoms with Crippen LogP contribution in [0.4, 0.5) is 11.4 Å². The summed E-state index contributed by atoms with van der Waals surface area (Å²) in [5, 5.41) is 3.34. The minimum absolute atomic E-state index is 0.725. The van der Waals surface area contributed by atoms with Gasteiger partial charge in [0.05, 0.1) is 25.2 Å². The second kappa shape index (κ2) is 6.58. The fourth-order valence-electron chi connectivity index (χ4n) is 2.09. The second-order valence-corrected chi connectivity index (χ2v) is 5.63. The van der Waals surface area contributed by atoms with Gasteiger partial charge in [0.15, 0.2) is 0 Å². The van der Waals surface area contributed by atoms with E-state index in [2.05, 4.69) is 31.2 Å². The third-order valence-electron chi connectivity index (χ3n) is 3.13. The van der Waals surface area contributed by atoms with Gasteiger partial charge in [0.1, 0.15) is 5.75 Å². The van der Waals surface area contributed by atoms with Crippen LogP contribution < -0.4 is 10.1 Å². The van der Waals surface area contributed by atoms with Crippen molar-refractivity contribution in [1.82, 2.24) is 9.97 Å². The van der Waals surface area contributed by atoms with Gasteiger partial charge >= 0.3 is 0 Å². The Bertz CT molecular complexity index is 792. The molecule has 3 rings (SSSR count). The van der Waals surface area contributed by atoms with Crippen molar-refractivity contribution in [3.8, 4) is 16.9 Å². The van der Waals surface area contributed by atoms with Crippen molar-refractivity contribution in [1.29, 1.82) is 0 Å². The summed E-state index contributed by atoms with van der Waals surface area (Å²) in [5.41, 5.74) is 3.85. The molecule has 0 aliphatic heterocycles. The Hall–Kier alpha value is -2.40. The molecule has 1 N–H and O–H groups in total. The molecule has 1 aromatic carbocycles. The molecule has 0 atom stereocenters. The topological polar surface area (TPSA) is 47.0 Å². The van der Waals surface area contributed by atoms with Gasteiger partial charge in [0.25, 0.3) is 0 Å². The van der Waals surface area contributed by atoms with E-state index in [0.717, 1.165) is 32.7 Å². The monoisotopic (exact) mass is 355 g/mol. The highest BCUT2D eigenvalue weighted by atomic mass is 79.9. The van der Waals surface area contributed by atoms with Crippen LogP contribution in [0.1, 0.15) is 0 Å². The van der Waals surface area contributed by atoms with Crippen LogP contribution >= 0.6 is 15.9 Å². The van der Waals surface area contributed by atoms with Crippen molar-refractivity contribution in [2.45, 2.75) is 0 Å². The zero-order valence-corrected chi connectivity index (χ0v) is 13.5. The lowest BCUT2D eigenvalue weighted by atomic mass is 10.1. The number of hydrogen-bond acceptors (Lipinski definition) is 4. The summed E-state index contributed by atoms with van der Waals surface area (Å²) >= 11 is 3.46. The number of anilines is 2. The van der Waals surface area contributed by atoms with Crippen molar-refractivity contribution in [3.05, 3.63) is 65.7 Å². The van der Waals surface area contributed by atoms with E-state index in [1.807, 2.05) is 42.6 Å². The van der Waals surface area contributed by atoms with Crippen molar-refractivity contribution in [3.63, 3.8) is 0 Å². The average Bonchev–Trinajstić information content (AvgIpc) is 2.55. The summed E-state index contributed by atoms with van der Waals surface area (Å²) in [6.07, 6.45) is 7.07. The molecule has 4 nitrogen and oxygen atoms in total. The van der Waals surface area contributed by atoms with Crippen LogP contribution in [-0.2, 0) is 0 Å². The number of pyridine rings is 2. The summed E-state index contributed by atoms with van der Waals surface area (Å²) in [6, 6.07) is 12.0. The molecule has 0 unspecified atom stereocenters. The standard InChI is InChI=1S/C17H14BrN3O/c1-22-17-6-13(9-20-11-17)12-5-16(10-19-8-12)21-15-4-2-3-14(18)7-15/h2-11,21H,1H3. The molecule has 0 spiro atoms. The van der Waals surface area contributed by atoms with Crippen LogP contribution in [0.5, 0.6) is 5.75 Å². The summed E-state index contributed by atoms with van der Waals surface area (Å²) in [6.45, 7) is 0. The summed E-state index contributed by atoms with van der Waals surface area (Å²) in [4.78, 5) is 8.47. The maximum absolute atomic E-state index is 5.21. The first kappa shape index (κ1) is 14.5. The number of rotatable bonds is 4. The van der Waals surface area contributed by atoms with Crippen LogP contribution in [0.3, 0.4) is 0 Å². The maximum atomic E-state index is 5.21. The highest BCUT2D eigenvalue weighted by molar-refractivity contribution is 9.10. The molecule has 110 valence electrons. The smallest absolute Gasteiger partial charge is 0.137 e. The molecular formula is C17H14BrN3O. The Balaban J connectivity index is 1.89. The van der Waals surface area contributed by atoms with Crippen LogP contribution in [0, 0.1) is 0 Å². The van der Waals surface area contributed by atoms with E-state index in [1.54, 1.807) is 25.7 Å². The van der Waals surface area contributed by atoms with Gasteiger partial charge in [-0.05, 0) is 30.3 Å². The molecule has 5 heteroatoms. The van der Waals surface area contributed by atoms with Crippen molar-refractivity contribution < 1.29 is 4.74 Å². The highest BCUT2D eigenvalue weighted by Gasteiger charge is 2.03. The van der Waals surface area contributed by atoms with Crippen molar-refractivity contribution >= 4 is 27.3 Å². The first-order valence-electron chi connectivity index (χ1n) is 6.71. The van der Waals surface area contributed by atoms with Crippen LogP contribution in [0.25, 0.3) is 11.1 Å². The number of halogens is 1. The van der Waals surface area contributed by atoms with Crippen LogP contribution in [0.2, 0.25) is 0 Å². The molecule has 0 fully saturated rings. The van der Waals surface area contributed by atoms with Gasteiger partial charge < -0.3 is 10.1 Å². The average molecular weight is 356 g/mol. The summed E-state index contributed by atoms with van der Waals surface area (Å²) in [7, 11) is 1.63. The predicted octanol–water partition coefficient (Wildman–Crippen LogP) is 4.66. The molecule has 0 radical (unpaired) electrons. The molecular weight excluding hydrogens is 342 g/mol. The van der Waals surface area contributed by atoms with Gasteiger partial charge in [-0.15, -0.1) is 0 Å². The van der Waals surface area contributed by atoms with E-state index in [9.17, 15) is 0 Å². The number of nitrogens with zero attached hydrogens (tertiary/aromatic N) is 2. The number of benzene rings is 1. The van der Waals surface area contributed by atoms with E-state index >= 15 is 0 Å². The first-order chi connectivity index (χ1) is 10.7. The Morgan fingerprint density at radius 2 is 1.68 bits per heavy atom. The minimum Gasteiger partial charge on any atom is -0.495 e. The Kier molecular flexibility index (Phi) is 4.34. The summed E-state index contributed by atoms with van der Waals surface area (Å²) < 4.78 is 6.24. The number of ether oxygens (including phenoxy) is 1. The molecule has 22 heavy (non-hydrogen) atoms. The SMILES string of the molecule is COc1cncc(-c2cncc(Nc3cccc(Br)c3)c2)c1. The third-order valence-corrected chi connectivity index (χ3v) is 3.63.